The molecule has 1 unspecified atom stereocenters. The zero-order chi connectivity index (χ0) is 13.8. The standard InChI is InChI=1S/C12H19N5O2/c1-16-4-3-9(7-16)17(2)11-5-10(14-8-15-11)13-6-12(18)19/h5,8-9H,3-4,6-7H2,1-2H3,(H,18,19)(H,13,14,15). The van der Waals surface area contributed by atoms with Gasteiger partial charge in [-0.2, -0.15) is 0 Å². The van der Waals surface area contributed by atoms with Crippen LogP contribution in [0, 0.1) is 0 Å². The van der Waals surface area contributed by atoms with Crippen LogP contribution in [0.15, 0.2) is 12.4 Å². The maximum Gasteiger partial charge on any atom is 0.322 e. The Balaban J connectivity index is 2.03. The molecule has 0 spiro atoms. The maximum absolute atomic E-state index is 10.5. The number of carboxylic acid groups (broad SMARTS) is 1. The molecule has 2 N–H and O–H groups in total. The van der Waals surface area contributed by atoms with Crippen molar-refractivity contribution >= 4 is 17.6 Å². The Morgan fingerprint density at radius 2 is 2.42 bits per heavy atom. The zero-order valence-corrected chi connectivity index (χ0v) is 11.2. The van der Waals surface area contributed by atoms with Crippen LogP contribution in [0.25, 0.3) is 0 Å². The summed E-state index contributed by atoms with van der Waals surface area (Å²) in [6, 6.07) is 2.22. The first-order valence-corrected chi connectivity index (χ1v) is 6.25. The average molecular weight is 265 g/mol. The minimum absolute atomic E-state index is 0.146. The first-order valence-electron chi connectivity index (χ1n) is 6.25. The van der Waals surface area contributed by atoms with Crippen molar-refractivity contribution in [3.05, 3.63) is 12.4 Å². The summed E-state index contributed by atoms with van der Waals surface area (Å²) in [6.45, 7) is 1.95. The number of likely N-dealkylation sites (tertiary alicyclic amines) is 1. The molecule has 1 aliphatic rings. The monoisotopic (exact) mass is 265 g/mol. The molecule has 0 aliphatic carbocycles. The van der Waals surface area contributed by atoms with Gasteiger partial charge in [-0.3, -0.25) is 4.79 Å². The zero-order valence-electron chi connectivity index (χ0n) is 11.2. The molecule has 104 valence electrons. The van der Waals surface area contributed by atoms with Crippen LogP contribution >= 0.6 is 0 Å². The second-order valence-corrected chi connectivity index (χ2v) is 4.82. The molecule has 1 atom stereocenters. The third kappa shape index (κ3) is 3.54. The van der Waals surface area contributed by atoms with Crippen LogP contribution < -0.4 is 10.2 Å². The average Bonchev–Trinajstić information content (AvgIpc) is 2.82. The van der Waals surface area contributed by atoms with E-state index in [0.717, 1.165) is 25.3 Å². The first kappa shape index (κ1) is 13.5. The molecule has 1 aromatic rings. The van der Waals surface area contributed by atoms with E-state index in [1.807, 2.05) is 7.05 Å². The molecular formula is C12H19N5O2. The number of hydrogen-bond donors (Lipinski definition) is 2. The number of hydrogen-bond acceptors (Lipinski definition) is 6. The van der Waals surface area contributed by atoms with E-state index < -0.39 is 5.97 Å². The summed E-state index contributed by atoms with van der Waals surface area (Å²) in [4.78, 5) is 23.2. The molecule has 2 heterocycles. The Morgan fingerprint density at radius 1 is 1.63 bits per heavy atom. The molecule has 0 bridgehead atoms. The summed E-state index contributed by atoms with van der Waals surface area (Å²) in [5, 5.41) is 11.4. The van der Waals surface area contributed by atoms with Crippen molar-refractivity contribution in [3.63, 3.8) is 0 Å². The van der Waals surface area contributed by atoms with Crippen LogP contribution in [0.4, 0.5) is 11.6 Å². The third-order valence-electron chi connectivity index (χ3n) is 3.35. The van der Waals surface area contributed by atoms with Crippen molar-refractivity contribution < 1.29 is 9.90 Å². The van der Waals surface area contributed by atoms with Gasteiger partial charge < -0.3 is 20.2 Å². The third-order valence-corrected chi connectivity index (χ3v) is 3.35. The lowest BCUT2D eigenvalue weighted by atomic mass is 10.2. The van der Waals surface area contributed by atoms with Crippen LogP contribution in [-0.2, 0) is 4.79 Å². The van der Waals surface area contributed by atoms with Crippen LogP contribution in [0.5, 0.6) is 0 Å². The van der Waals surface area contributed by atoms with Gasteiger partial charge in [-0.25, -0.2) is 9.97 Å². The summed E-state index contributed by atoms with van der Waals surface area (Å²) in [5.41, 5.74) is 0. The number of aliphatic carboxylic acids is 1. The lowest BCUT2D eigenvalue weighted by Gasteiger charge is -2.25. The fraction of sp³-hybridized carbons (Fsp3) is 0.583. The van der Waals surface area contributed by atoms with Gasteiger partial charge in [-0.05, 0) is 20.0 Å². The quantitative estimate of drug-likeness (QED) is 0.782. The van der Waals surface area contributed by atoms with Gasteiger partial charge in [0, 0.05) is 25.7 Å². The van der Waals surface area contributed by atoms with Gasteiger partial charge in [-0.1, -0.05) is 0 Å². The van der Waals surface area contributed by atoms with Crippen LogP contribution in [0.2, 0.25) is 0 Å². The van der Waals surface area contributed by atoms with Gasteiger partial charge in [0.25, 0.3) is 0 Å². The minimum Gasteiger partial charge on any atom is -0.480 e. The number of rotatable bonds is 5. The molecule has 2 rings (SSSR count). The molecule has 1 saturated heterocycles. The van der Waals surface area contributed by atoms with Gasteiger partial charge >= 0.3 is 5.97 Å². The number of nitrogens with one attached hydrogen (secondary N) is 1. The highest BCUT2D eigenvalue weighted by atomic mass is 16.4. The molecule has 1 aliphatic heterocycles. The molecule has 0 radical (unpaired) electrons. The molecule has 0 saturated carbocycles. The normalized spacial score (nSPS) is 19.4. The second-order valence-electron chi connectivity index (χ2n) is 4.82. The number of carboxylic acids is 1. The van der Waals surface area contributed by atoms with Crippen molar-refractivity contribution in [2.24, 2.45) is 0 Å². The molecule has 0 aromatic carbocycles. The largest absolute Gasteiger partial charge is 0.480 e. The lowest BCUT2D eigenvalue weighted by Crippen LogP contribution is -2.34. The van der Waals surface area contributed by atoms with E-state index >= 15 is 0 Å². The van der Waals surface area contributed by atoms with Crippen LogP contribution in [0.1, 0.15) is 6.42 Å². The van der Waals surface area contributed by atoms with E-state index in [1.54, 1.807) is 6.07 Å². The number of nitrogens with zero attached hydrogens (tertiary/aromatic N) is 4. The van der Waals surface area contributed by atoms with E-state index in [-0.39, 0.29) is 6.54 Å². The van der Waals surface area contributed by atoms with E-state index in [2.05, 4.69) is 32.1 Å². The Kier molecular flexibility index (Phi) is 4.16. The molecule has 19 heavy (non-hydrogen) atoms. The van der Waals surface area contributed by atoms with Crippen molar-refractivity contribution in [2.75, 3.05) is 43.9 Å². The highest BCUT2D eigenvalue weighted by Gasteiger charge is 2.24. The van der Waals surface area contributed by atoms with Crippen LogP contribution in [-0.4, -0.2) is 65.7 Å². The minimum atomic E-state index is -0.911. The molecule has 0 amide bonds. The highest BCUT2D eigenvalue weighted by Crippen LogP contribution is 2.20. The predicted molar refractivity (Wildman–Crippen MR) is 72.5 cm³/mol. The van der Waals surface area contributed by atoms with Crippen molar-refractivity contribution in [3.8, 4) is 0 Å². The smallest absolute Gasteiger partial charge is 0.322 e. The number of likely N-dealkylation sites (N-methyl/N-ethyl adjacent to an activating group) is 2. The Hall–Kier alpha value is -1.89. The van der Waals surface area contributed by atoms with Gasteiger partial charge in [0.2, 0.25) is 0 Å². The summed E-state index contributed by atoms with van der Waals surface area (Å²) in [5.74, 6) is 0.430. The van der Waals surface area contributed by atoms with Crippen molar-refractivity contribution in [2.45, 2.75) is 12.5 Å². The highest BCUT2D eigenvalue weighted by molar-refractivity contribution is 5.72. The Labute approximate surface area is 112 Å². The van der Waals surface area contributed by atoms with Crippen molar-refractivity contribution in [1.82, 2.24) is 14.9 Å². The lowest BCUT2D eigenvalue weighted by molar-refractivity contribution is -0.134. The maximum atomic E-state index is 10.5. The van der Waals surface area contributed by atoms with Gasteiger partial charge in [0.15, 0.2) is 0 Å². The van der Waals surface area contributed by atoms with E-state index in [0.29, 0.717) is 11.9 Å². The Morgan fingerprint density at radius 3 is 3.05 bits per heavy atom. The summed E-state index contributed by atoms with van der Waals surface area (Å²) >= 11 is 0. The number of aromatic nitrogens is 2. The summed E-state index contributed by atoms with van der Waals surface area (Å²) < 4.78 is 0. The van der Waals surface area contributed by atoms with Crippen molar-refractivity contribution in [1.29, 1.82) is 0 Å². The molecule has 7 heteroatoms. The van der Waals surface area contributed by atoms with Gasteiger partial charge in [0.05, 0.1) is 0 Å². The van der Waals surface area contributed by atoms with Gasteiger partial charge in [0.1, 0.15) is 24.5 Å². The molecule has 1 aromatic heterocycles. The molecular weight excluding hydrogens is 246 g/mol. The number of anilines is 2. The van der Waals surface area contributed by atoms with Gasteiger partial charge in [-0.15, -0.1) is 0 Å². The second kappa shape index (κ2) is 5.83. The molecule has 1 fully saturated rings. The first-order chi connectivity index (χ1) is 9.06. The fourth-order valence-corrected chi connectivity index (χ4v) is 2.22. The van der Waals surface area contributed by atoms with E-state index in [1.165, 1.54) is 6.33 Å². The molecule has 7 nitrogen and oxygen atoms in total. The van der Waals surface area contributed by atoms with E-state index in [4.69, 9.17) is 5.11 Å². The number of carbonyl (C=O) groups is 1. The predicted octanol–water partition coefficient (Wildman–Crippen LogP) is 0.113. The SMILES string of the molecule is CN1CCC(N(C)c2cc(NCC(=O)O)ncn2)C1. The topological polar surface area (TPSA) is 81.6 Å². The summed E-state index contributed by atoms with van der Waals surface area (Å²) in [7, 11) is 4.11. The van der Waals surface area contributed by atoms with Crippen LogP contribution in [0.3, 0.4) is 0 Å². The van der Waals surface area contributed by atoms with E-state index in [9.17, 15) is 4.79 Å². The summed E-state index contributed by atoms with van der Waals surface area (Å²) in [6.07, 6.45) is 2.56. The fourth-order valence-electron chi connectivity index (χ4n) is 2.22. The Bertz CT molecular complexity index is 454.